The van der Waals surface area contributed by atoms with Crippen molar-refractivity contribution in [1.82, 2.24) is 10.6 Å². The molecule has 2 N–H and O–H groups in total. The summed E-state index contributed by atoms with van der Waals surface area (Å²) in [5.41, 5.74) is 0. The van der Waals surface area contributed by atoms with E-state index in [0.717, 1.165) is 14.4 Å². The van der Waals surface area contributed by atoms with Crippen molar-refractivity contribution < 1.29 is 9.53 Å². The van der Waals surface area contributed by atoms with Crippen LogP contribution in [0.4, 0.5) is 0 Å². The van der Waals surface area contributed by atoms with Crippen molar-refractivity contribution in [2.75, 3.05) is 20.7 Å². The monoisotopic (exact) mass is 292 g/mol. The number of methoxy groups -OCH3 is 1. The van der Waals surface area contributed by atoms with Crippen LogP contribution < -0.4 is 15.4 Å². The van der Waals surface area contributed by atoms with Crippen molar-refractivity contribution in [1.29, 1.82) is 0 Å². The molecule has 0 spiro atoms. The molecule has 0 atom stereocenters. The predicted molar refractivity (Wildman–Crippen MR) is 64.3 cm³/mol. The molecule has 1 amide bonds. The average molecular weight is 293 g/mol. The van der Waals surface area contributed by atoms with Crippen LogP contribution in [0.25, 0.3) is 0 Å². The fourth-order valence-corrected chi connectivity index (χ4v) is 2.67. The highest BCUT2D eigenvalue weighted by atomic mass is 79.9. The summed E-state index contributed by atoms with van der Waals surface area (Å²) in [6.45, 7) is 0.994. The summed E-state index contributed by atoms with van der Waals surface area (Å²) in [5.74, 6) is -0.0161. The van der Waals surface area contributed by atoms with Gasteiger partial charge in [0.05, 0.1) is 18.1 Å². The molecule has 0 bridgehead atoms. The molecule has 6 heteroatoms. The van der Waals surface area contributed by atoms with Crippen LogP contribution in [0.2, 0.25) is 0 Å². The maximum atomic E-state index is 10.9. The zero-order valence-electron chi connectivity index (χ0n) is 8.59. The highest BCUT2D eigenvalue weighted by Crippen LogP contribution is 2.34. The lowest BCUT2D eigenvalue weighted by Gasteiger charge is -2.00. The van der Waals surface area contributed by atoms with E-state index in [4.69, 9.17) is 4.74 Å². The molecule has 0 fully saturated rings. The Hall–Kier alpha value is -0.590. The number of likely N-dealkylation sites (N-methyl/N-ethyl adjacent to an activating group) is 1. The second-order valence-corrected chi connectivity index (χ2v) is 4.78. The van der Waals surface area contributed by atoms with Gasteiger partial charge in [0.2, 0.25) is 5.91 Å². The molecule has 0 aliphatic rings. The summed E-state index contributed by atoms with van der Waals surface area (Å²) in [7, 11) is 3.26. The van der Waals surface area contributed by atoms with Crippen LogP contribution >= 0.6 is 27.3 Å². The quantitative estimate of drug-likeness (QED) is 0.862. The molecule has 1 aromatic heterocycles. The Morgan fingerprint density at radius 3 is 2.93 bits per heavy atom. The molecular weight excluding hydrogens is 280 g/mol. The number of carbonyl (C=O) groups excluding carboxylic acids is 1. The van der Waals surface area contributed by atoms with Crippen LogP contribution in [0.5, 0.6) is 5.06 Å². The summed E-state index contributed by atoms with van der Waals surface area (Å²) >= 11 is 4.95. The van der Waals surface area contributed by atoms with E-state index in [-0.39, 0.29) is 5.91 Å². The Labute approximate surface area is 101 Å². The molecule has 15 heavy (non-hydrogen) atoms. The average Bonchev–Trinajstić information content (AvgIpc) is 2.58. The van der Waals surface area contributed by atoms with Crippen molar-refractivity contribution in [2.45, 2.75) is 6.54 Å². The fraction of sp³-hybridized carbons (Fsp3) is 0.444. The van der Waals surface area contributed by atoms with Crippen LogP contribution in [0.1, 0.15) is 4.88 Å². The number of nitrogens with one attached hydrogen (secondary N) is 2. The van der Waals surface area contributed by atoms with Gasteiger partial charge in [0, 0.05) is 18.5 Å². The van der Waals surface area contributed by atoms with E-state index in [1.807, 2.05) is 6.07 Å². The van der Waals surface area contributed by atoms with Gasteiger partial charge in [-0.2, -0.15) is 0 Å². The van der Waals surface area contributed by atoms with Gasteiger partial charge in [0.25, 0.3) is 0 Å². The van der Waals surface area contributed by atoms with E-state index < -0.39 is 0 Å². The highest BCUT2D eigenvalue weighted by molar-refractivity contribution is 9.10. The third-order valence-corrected chi connectivity index (χ3v) is 3.70. The topological polar surface area (TPSA) is 50.4 Å². The van der Waals surface area contributed by atoms with E-state index in [1.54, 1.807) is 25.5 Å². The van der Waals surface area contributed by atoms with Gasteiger partial charge in [-0.3, -0.25) is 4.79 Å². The smallest absolute Gasteiger partial charge is 0.233 e. The number of amides is 1. The standard InChI is InChI=1S/C9H13BrN2O2S/c1-11-8(13)5-12-4-6-3-7(10)9(14-2)15-6/h3,12H,4-5H2,1-2H3,(H,11,13). The Morgan fingerprint density at radius 2 is 2.40 bits per heavy atom. The zero-order valence-corrected chi connectivity index (χ0v) is 11.0. The summed E-state index contributed by atoms with van der Waals surface area (Å²) in [6.07, 6.45) is 0. The van der Waals surface area contributed by atoms with Crippen molar-refractivity contribution in [3.05, 3.63) is 15.4 Å². The zero-order chi connectivity index (χ0) is 11.3. The van der Waals surface area contributed by atoms with Crippen molar-refractivity contribution in [3.63, 3.8) is 0 Å². The number of hydrogen-bond donors (Lipinski definition) is 2. The summed E-state index contributed by atoms with van der Waals surface area (Å²) in [5, 5.41) is 6.44. The maximum absolute atomic E-state index is 10.9. The van der Waals surface area contributed by atoms with E-state index in [9.17, 15) is 4.79 Å². The first-order valence-corrected chi connectivity index (χ1v) is 6.01. The second kappa shape index (κ2) is 6.09. The van der Waals surface area contributed by atoms with Gasteiger partial charge >= 0.3 is 0 Å². The van der Waals surface area contributed by atoms with Crippen LogP contribution in [0, 0.1) is 0 Å². The molecule has 1 aromatic rings. The van der Waals surface area contributed by atoms with Crippen LogP contribution in [-0.4, -0.2) is 26.6 Å². The summed E-state index contributed by atoms with van der Waals surface area (Å²) in [6, 6.07) is 1.99. The van der Waals surface area contributed by atoms with Gasteiger partial charge in [0.1, 0.15) is 0 Å². The molecule has 1 rings (SSSR count). The third kappa shape index (κ3) is 3.81. The minimum Gasteiger partial charge on any atom is -0.486 e. The normalized spacial score (nSPS) is 10.1. The molecule has 84 valence electrons. The van der Waals surface area contributed by atoms with Gasteiger partial charge in [-0.1, -0.05) is 0 Å². The molecule has 0 radical (unpaired) electrons. The van der Waals surface area contributed by atoms with Crippen LogP contribution in [-0.2, 0) is 11.3 Å². The number of halogens is 1. The van der Waals surface area contributed by atoms with Crippen LogP contribution in [0.15, 0.2) is 10.5 Å². The number of hydrogen-bond acceptors (Lipinski definition) is 4. The summed E-state index contributed by atoms with van der Waals surface area (Å²) < 4.78 is 6.09. The van der Waals surface area contributed by atoms with Gasteiger partial charge in [-0.25, -0.2) is 0 Å². The van der Waals surface area contributed by atoms with E-state index in [0.29, 0.717) is 13.1 Å². The Kier molecular flexibility index (Phi) is 5.07. The van der Waals surface area contributed by atoms with Crippen molar-refractivity contribution in [2.24, 2.45) is 0 Å². The third-order valence-electron chi connectivity index (χ3n) is 1.76. The van der Waals surface area contributed by atoms with Crippen molar-refractivity contribution in [3.8, 4) is 5.06 Å². The molecule has 0 unspecified atom stereocenters. The SMILES string of the molecule is CNC(=O)CNCc1cc(Br)c(OC)s1. The van der Waals surface area contributed by atoms with Gasteiger partial charge in [0.15, 0.2) is 5.06 Å². The molecule has 0 saturated carbocycles. The first-order chi connectivity index (χ1) is 7.17. The van der Waals surface area contributed by atoms with E-state index in [1.165, 1.54) is 0 Å². The molecule has 4 nitrogen and oxygen atoms in total. The molecule has 0 aliphatic heterocycles. The molecule has 0 aromatic carbocycles. The second-order valence-electron chi connectivity index (χ2n) is 2.83. The van der Waals surface area contributed by atoms with Gasteiger partial charge < -0.3 is 15.4 Å². The lowest BCUT2D eigenvalue weighted by atomic mass is 10.4. The minimum absolute atomic E-state index is 0.0161. The summed E-state index contributed by atoms with van der Waals surface area (Å²) in [4.78, 5) is 12.1. The van der Waals surface area contributed by atoms with E-state index in [2.05, 4.69) is 26.6 Å². The number of carbonyl (C=O) groups is 1. The Balaban J connectivity index is 2.41. The number of rotatable bonds is 5. The predicted octanol–water partition coefficient (Wildman–Crippen LogP) is 1.35. The molecular formula is C9H13BrN2O2S. The number of thiophene rings is 1. The Morgan fingerprint density at radius 1 is 1.67 bits per heavy atom. The Bertz CT molecular complexity index is 341. The minimum atomic E-state index is -0.0161. The van der Waals surface area contributed by atoms with Gasteiger partial charge in [-0.05, 0) is 22.0 Å². The largest absolute Gasteiger partial charge is 0.486 e. The highest BCUT2D eigenvalue weighted by Gasteiger charge is 2.06. The maximum Gasteiger partial charge on any atom is 0.233 e. The molecule has 0 saturated heterocycles. The molecule has 1 heterocycles. The number of ether oxygens (including phenoxy) is 1. The first kappa shape index (κ1) is 12.5. The lowest BCUT2D eigenvalue weighted by Crippen LogP contribution is -2.30. The lowest BCUT2D eigenvalue weighted by molar-refractivity contribution is -0.119. The van der Waals surface area contributed by atoms with E-state index >= 15 is 0 Å². The van der Waals surface area contributed by atoms with Gasteiger partial charge in [-0.15, -0.1) is 11.3 Å². The van der Waals surface area contributed by atoms with Crippen LogP contribution in [0.3, 0.4) is 0 Å². The van der Waals surface area contributed by atoms with Crippen molar-refractivity contribution >= 4 is 33.2 Å². The fourth-order valence-electron chi connectivity index (χ4n) is 1.01. The molecule has 0 aliphatic carbocycles. The first-order valence-electron chi connectivity index (χ1n) is 4.41.